The molecule has 0 aliphatic carbocycles. The van der Waals surface area contributed by atoms with Crippen LogP contribution in [0.5, 0.6) is 0 Å². The third-order valence-electron chi connectivity index (χ3n) is 3.46. The lowest BCUT2D eigenvalue weighted by atomic mass is 9.82. The van der Waals surface area contributed by atoms with Crippen molar-refractivity contribution >= 4 is 17.6 Å². The molecular weight excluding hydrogens is 250 g/mol. The molecule has 100 valence electrons. The zero-order chi connectivity index (χ0) is 13.6. The van der Waals surface area contributed by atoms with Gasteiger partial charge >= 0.3 is 5.97 Å². The maximum Gasteiger partial charge on any atom is 0.313 e. The van der Waals surface area contributed by atoms with Crippen molar-refractivity contribution in [2.75, 3.05) is 6.54 Å². The second-order valence-corrected chi connectivity index (χ2v) is 4.83. The Morgan fingerprint density at radius 3 is 2.28 bits per heavy atom. The van der Waals surface area contributed by atoms with Gasteiger partial charge in [-0.1, -0.05) is 37.6 Å². The summed E-state index contributed by atoms with van der Waals surface area (Å²) in [4.78, 5) is 12.1. The van der Waals surface area contributed by atoms with Crippen LogP contribution in [0, 0.1) is 5.41 Å². The number of esters is 1. The second-order valence-electron chi connectivity index (χ2n) is 4.39. The molecule has 0 fully saturated rings. The molecule has 0 atom stereocenters. The Morgan fingerprint density at radius 1 is 1.28 bits per heavy atom. The monoisotopic (exact) mass is 269 g/mol. The smallest absolute Gasteiger partial charge is 0.313 e. The van der Waals surface area contributed by atoms with Crippen LogP contribution in [0.25, 0.3) is 0 Å². The largest absolute Gasteiger partial charge is 0.460 e. The van der Waals surface area contributed by atoms with E-state index in [-0.39, 0.29) is 12.6 Å². The summed E-state index contributed by atoms with van der Waals surface area (Å²) in [7, 11) is 0. The van der Waals surface area contributed by atoms with Crippen LogP contribution in [-0.4, -0.2) is 12.5 Å². The molecule has 0 spiro atoms. The molecule has 0 saturated heterocycles. The SMILES string of the molecule is CCC(CC)(CN)C(=O)OCc1ccc(Cl)cc1. The number of ether oxygens (including phenoxy) is 1. The van der Waals surface area contributed by atoms with Crippen LogP contribution in [0.4, 0.5) is 0 Å². The van der Waals surface area contributed by atoms with Crippen molar-refractivity contribution in [3.05, 3.63) is 34.9 Å². The van der Waals surface area contributed by atoms with Crippen molar-refractivity contribution in [3.8, 4) is 0 Å². The Kier molecular flexibility index (Phi) is 5.63. The van der Waals surface area contributed by atoms with E-state index in [0.717, 1.165) is 5.56 Å². The minimum Gasteiger partial charge on any atom is -0.460 e. The first-order valence-corrected chi connectivity index (χ1v) is 6.57. The first-order chi connectivity index (χ1) is 8.57. The van der Waals surface area contributed by atoms with Crippen molar-refractivity contribution < 1.29 is 9.53 Å². The summed E-state index contributed by atoms with van der Waals surface area (Å²) in [6, 6.07) is 7.25. The summed E-state index contributed by atoms with van der Waals surface area (Å²) in [5.74, 6) is -0.218. The average Bonchev–Trinajstić information content (AvgIpc) is 2.41. The minimum atomic E-state index is -0.549. The van der Waals surface area contributed by atoms with Gasteiger partial charge in [-0.3, -0.25) is 4.79 Å². The fourth-order valence-corrected chi connectivity index (χ4v) is 1.92. The van der Waals surface area contributed by atoms with Crippen molar-refractivity contribution in [1.82, 2.24) is 0 Å². The van der Waals surface area contributed by atoms with E-state index >= 15 is 0 Å². The summed E-state index contributed by atoms with van der Waals surface area (Å²) in [5, 5.41) is 0.670. The van der Waals surface area contributed by atoms with Gasteiger partial charge in [0.2, 0.25) is 0 Å². The number of carbonyl (C=O) groups excluding carboxylic acids is 1. The summed E-state index contributed by atoms with van der Waals surface area (Å²) < 4.78 is 5.34. The summed E-state index contributed by atoms with van der Waals surface area (Å²) in [6.45, 7) is 4.50. The van der Waals surface area contributed by atoms with E-state index in [2.05, 4.69) is 0 Å². The van der Waals surface area contributed by atoms with E-state index in [4.69, 9.17) is 22.1 Å². The quantitative estimate of drug-likeness (QED) is 0.807. The van der Waals surface area contributed by atoms with E-state index in [1.807, 2.05) is 26.0 Å². The van der Waals surface area contributed by atoms with Crippen LogP contribution in [0.2, 0.25) is 5.02 Å². The minimum absolute atomic E-state index is 0.218. The van der Waals surface area contributed by atoms with Gasteiger partial charge in [-0.15, -0.1) is 0 Å². The lowest BCUT2D eigenvalue weighted by molar-refractivity contribution is -0.157. The molecule has 0 aliphatic heterocycles. The van der Waals surface area contributed by atoms with E-state index in [1.165, 1.54) is 0 Å². The van der Waals surface area contributed by atoms with Crippen LogP contribution < -0.4 is 5.73 Å². The standard InChI is InChI=1S/C14H20ClNO2/c1-3-14(4-2,10-16)13(17)18-9-11-5-7-12(15)8-6-11/h5-8H,3-4,9-10,16H2,1-2H3. The highest BCUT2D eigenvalue weighted by molar-refractivity contribution is 6.30. The molecule has 1 aromatic rings. The number of nitrogens with two attached hydrogens (primary N) is 1. The Bertz CT molecular complexity index is 377. The Labute approximate surface area is 113 Å². The Balaban J connectivity index is 2.62. The lowest BCUT2D eigenvalue weighted by Gasteiger charge is -2.27. The third kappa shape index (κ3) is 3.47. The van der Waals surface area contributed by atoms with Gasteiger partial charge in [0.1, 0.15) is 6.61 Å². The topological polar surface area (TPSA) is 52.3 Å². The van der Waals surface area contributed by atoms with E-state index in [9.17, 15) is 4.79 Å². The van der Waals surface area contributed by atoms with Gasteiger partial charge in [0.05, 0.1) is 5.41 Å². The van der Waals surface area contributed by atoms with Gasteiger partial charge in [0.25, 0.3) is 0 Å². The fourth-order valence-electron chi connectivity index (χ4n) is 1.79. The van der Waals surface area contributed by atoms with Gasteiger partial charge in [-0.2, -0.15) is 0 Å². The molecule has 0 unspecified atom stereocenters. The highest BCUT2D eigenvalue weighted by atomic mass is 35.5. The van der Waals surface area contributed by atoms with Crippen LogP contribution in [-0.2, 0) is 16.1 Å². The summed E-state index contributed by atoms with van der Waals surface area (Å²) >= 11 is 5.79. The van der Waals surface area contributed by atoms with Crippen LogP contribution in [0.1, 0.15) is 32.3 Å². The van der Waals surface area contributed by atoms with Crippen LogP contribution in [0.15, 0.2) is 24.3 Å². The van der Waals surface area contributed by atoms with Gasteiger partial charge in [-0.05, 0) is 30.5 Å². The predicted molar refractivity (Wildman–Crippen MR) is 73.3 cm³/mol. The van der Waals surface area contributed by atoms with Crippen molar-refractivity contribution in [1.29, 1.82) is 0 Å². The molecule has 0 saturated carbocycles. The molecule has 0 heterocycles. The number of hydrogen-bond acceptors (Lipinski definition) is 3. The van der Waals surface area contributed by atoms with Crippen LogP contribution >= 0.6 is 11.6 Å². The number of carbonyl (C=O) groups is 1. The molecule has 2 N–H and O–H groups in total. The Morgan fingerprint density at radius 2 is 1.83 bits per heavy atom. The maximum atomic E-state index is 12.1. The highest BCUT2D eigenvalue weighted by Gasteiger charge is 2.34. The number of benzene rings is 1. The maximum absolute atomic E-state index is 12.1. The van der Waals surface area contributed by atoms with Gasteiger partial charge in [-0.25, -0.2) is 0 Å². The first-order valence-electron chi connectivity index (χ1n) is 6.19. The van der Waals surface area contributed by atoms with Gasteiger partial charge in [0, 0.05) is 11.6 Å². The molecule has 3 nitrogen and oxygen atoms in total. The number of rotatable bonds is 6. The number of hydrogen-bond donors (Lipinski definition) is 1. The second kappa shape index (κ2) is 6.76. The third-order valence-corrected chi connectivity index (χ3v) is 3.71. The molecule has 18 heavy (non-hydrogen) atoms. The zero-order valence-corrected chi connectivity index (χ0v) is 11.7. The molecule has 4 heteroatoms. The summed E-state index contributed by atoms with van der Waals surface area (Å²) in [6.07, 6.45) is 1.39. The van der Waals surface area contributed by atoms with E-state index < -0.39 is 5.41 Å². The molecule has 0 bridgehead atoms. The van der Waals surface area contributed by atoms with Crippen molar-refractivity contribution in [2.24, 2.45) is 11.1 Å². The van der Waals surface area contributed by atoms with E-state index in [1.54, 1.807) is 12.1 Å². The Hall–Kier alpha value is -1.06. The molecule has 0 amide bonds. The van der Waals surface area contributed by atoms with E-state index in [0.29, 0.717) is 24.4 Å². The average molecular weight is 270 g/mol. The first kappa shape index (κ1) is 15.0. The van der Waals surface area contributed by atoms with Gasteiger partial charge < -0.3 is 10.5 Å². The fraction of sp³-hybridized carbons (Fsp3) is 0.500. The molecule has 0 aromatic heterocycles. The molecule has 1 aromatic carbocycles. The molecule has 0 aliphatic rings. The molecular formula is C14H20ClNO2. The normalized spacial score (nSPS) is 11.3. The highest BCUT2D eigenvalue weighted by Crippen LogP contribution is 2.27. The molecule has 1 rings (SSSR count). The number of halogens is 1. The predicted octanol–water partition coefficient (Wildman–Crippen LogP) is 3.15. The zero-order valence-electron chi connectivity index (χ0n) is 10.9. The van der Waals surface area contributed by atoms with Crippen molar-refractivity contribution in [3.63, 3.8) is 0 Å². The van der Waals surface area contributed by atoms with Gasteiger partial charge in [0.15, 0.2) is 0 Å². The lowest BCUT2D eigenvalue weighted by Crippen LogP contribution is -2.38. The van der Waals surface area contributed by atoms with Crippen LogP contribution in [0.3, 0.4) is 0 Å². The van der Waals surface area contributed by atoms with Crippen molar-refractivity contribution in [2.45, 2.75) is 33.3 Å². The molecule has 0 radical (unpaired) electrons. The summed E-state index contributed by atoms with van der Waals surface area (Å²) in [5.41, 5.74) is 6.07.